The first-order chi connectivity index (χ1) is 13.9. The number of rotatable bonds is 4. The maximum absolute atomic E-state index is 6.16. The van der Waals surface area contributed by atoms with Gasteiger partial charge < -0.3 is 4.42 Å². The summed E-state index contributed by atoms with van der Waals surface area (Å²) in [6.45, 7) is 0.695. The van der Waals surface area contributed by atoms with Gasteiger partial charge in [-0.05, 0) is 22.8 Å². The molecule has 28 heavy (non-hydrogen) atoms. The maximum Gasteiger partial charge on any atom is 0.143 e. The summed E-state index contributed by atoms with van der Waals surface area (Å²) in [5.74, 6) is 0. The second-order valence-electron chi connectivity index (χ2n) is 6.86. The second-order valence-corrected chi connectivity index (χ2v) is 6.86. The van der Waals surface area contributed by atoms with Gasteiger partial charge in [0.05, 0.1) is 6.54 Å². The smallest absolute Gasteiger partial charge is 0.143 e. The van der Waals surface area contributed by atoms with E-state index in [0.717, 1.165) is 38.6 Å². The fraction of sp³-hybridized carbons (Fsp3) is 0.0385. The number of hydrogen-bond acceptors (Lipinski definition) is 2. The lowest BCUT2D eigenvalue weighted by atomic mass is 10.0. The molecule has 0 spiro atoms. The molecule has 0 aliphatic carbocycles. The molecule has 0 saturated carbocycles. The van der Waals surface area contributed by atoms with E-state index in [0.29, 0.717) is 6.54 Å². The van der Waals surface area contributed by atoms with Crippen molar-refractivity contribution in [3.8, 4) is 11.1 Å². The zero-order valence-corrected chi connectivity index (χ0v) is 15.4. The Kier molecular flexibility index (Phi) is 4.23. The Morgan fingerprint density at radius 2 is 1.43 bits per heavy atom. The van der Waals surface area contributed by atoms with Crippen LogP contribution in [0.3, 0.4) is 0 Å². The summed E-state index contributed by atoms with van der Waals surface area (Å²) in [4.78, 5) is 4.55. The summed E-state index contributed by atoms with van der Waals surface area (Å²) >= 11 is 0. The number of para-hydroxylation sites is 2. The Morgan fingerprint density at radius 3 is 2.29 bits per heavy atom. The van der Waals surface area contributed by atoms with Crippen molar-refractivity contribution in [2.24, 2.45) is 4.99 Å². The first-order valence-corrected chi connectivity index (χ1v) is 9.43. The third-order valence-electron chi connectivity index (χ3n) is 4.98. The molecule has 0 atom stereocenters. The second kappa shape index (κ2) is 7.16. The lowest BCUT2D eigenvalue weighted by Crippen LogP contribution is -1.85. The fourth-order valence-electron chi connectivity index (χ4n) is 3.56. The highest BCUT2D eigenvalue weighted by Gasteiger charge is 2.11. The molecule has 0 aliphatic heterocycles. The molecule has 0 radical (unpaired) electrons. The van der Waals surface area contributed by atoms with Gasteiger partial charge in [-0.15, -0.1) is 0 Å². The topological polar surface area (TPSA) is 25.5 Å². The molecule has 0 bridgehead atoms. The summed E-state index contributed by atoms with van der Waals surface area (Å²) < 4.78 is 6.16. The van der Waals surface area contributed by atoms with Gasteiger partial charge in [0.15, 0.2) is 0 Å². The van der Waals surface area contributed by atoms with Crippen LogP contribution in [-0.4, -0.2) is 6.21 Å². The van der Waals surface area contributed by atoms with E-state index in [9.17, 15) is 0 Å². The molecule has 0 aliphatic rings. The standard InChI is InChI=1S/C26H19NO/c1-2-7-19(8-3-1)17-27-18-20-13-15-21(16-14-20)22-10-6-11-24-23-9-4-5-12-25(23)28-26(22)24/h1-16,18H,17H2. The van der Waals surface area contributed by atoms with E-state index < -0.39 is 0 Å². The van der Waals surface area contributed by atoms with Crippen molar-refractivity contribution in [2.75, 3.05) is 0 Å². The number of benzene rings is 4. The van der Waals surface area contributed by atoms with Crippen LogP contribution in [-0.2, 0) is 6.54 Å². The van der Waals surface area contributed by atoms with E-state index in [1.54, 1.807) is 0 Å². The van der Waals surface area contributed by atoms with Crippen molar-refractivity contribution in [1.29, 1.82) is 0 Å². The Balaban J connectivity index is 1.44. The molecule has 0 N–H and O–H groups in total. The third-order valence-corrected chi connectivity index (χ3v) is 4.98. The van der Waals surface area contributed by atoms with E-state index in [-0.39, 0.29) is 0 Å². The summed E-state index contributed by atoms with van der Waals surface area (Å²) in [7, 11) is 0. The number of hydrogen-bond donors (Lipinski definition) is 0. The van der Waals surface area contributed by atoms with Gasteiger partial charge in [-0.2, -0.15) is 0 Å². The Morgan fingerprint density at radius 1 is 0.679 bits per heavy atom. The van der Waals surface area contributed by atoms with Gasteiger partial charge in [0.2, 0.25) is 0 Å². The van der Waals surface area contributed by atoms with E-state index in [4.69, 9.17) is 4.42 Å². The molecule has 0 unspecified atom stereocenters. The predicted molar refractivity (Wildman–Crippen MR) is 117 cm³/mol. The number of nitrogens with zero attached hydrogens (tertiary/aromatic N) is 1. The highest BCUT2D eigenvalue weighted by molar-refractivity contribution is 6.09. The predicted octanol–water partition coefficient (Wildman–Crippen LogP) is 6.87. The number of fused-ring (bicyclic) bond motifs is 3. The van der Waals surface area contributed by atoms with Gasteiger partial charge in [0.1, 0.15) is 11.2 Å². The molecule has 0 saturated heterocycles. The zero-order chi connectivity index (χ0) is 18.8. The first-order valence-electron chi connectivity index (χ1n) is 9.43. The Labute approximate surface area is 163 Å². The Bertz CT molecular complexity index is 1260. The molecule has 4 aromatic carbocycles. The van der Waals surface area contributed by atoms with Crippen molar-refractivity contribution in [3.05, 3.63) is 108 Å². The summed E-state index contributed by atoms with van der Waals surface area (Å²) in [6, 6.07) is 33.3. The summed E-state index contributed by atoms with van der Waals surface area (Å²) in [5, 5.41) is 2.31. The third kappa shape index (κ3) is 3.10. The molecular formula is C26H19NO. The van der Waals surface area contributed by atoms with Crippen LogP contribution in [0.5, 0.6) is 0 Å². The van der Waals surface area contributed by atoms with Crippen LogP contribution >= 0.6 is 0 Å². The molecule has 2 nitrogen and oxygen atoms in total. The van der Waals surface area contributed by atoms with Crippen LogP contribution < -0.4 is 0 Å². The lowest BCUT2D eigenvalue weighted by Gasteiger charge is -2.03. The minimum absolute atomic E-state index is 0.695. The van der Waals surface area contributed by atoms with Crippen molar-refractivity contribution >= 4 is 28.2 Å². The number of furan rings is 1. The molecular weight excluding hydrogens is 342 g/mol. The molecule has 2 heteroatoms. The molecule has 1 heterocycles. The number of aliphatic imine (C=N–C) groups is 1. The van der Waals surface area contributed by atoms with Crippen LogP contribution in [0.2, 0.25) is 0 Å². The quantitative estimate of drug-likeness (QED) is 0.321. The average molecular weight is 361 g/mol. The summed E-state index contributed by atoms with van der Waals surface area (Å²) in [5.41, 5.74) is 6.43. The van der Waals surface area contributed by atoms with Gasteiger partial charge >= 0.3 is 0 Å². The monoisotopic (exact) mass is 361 g/mol. The molecule has 0 amide bonds. The molecule has 0 fully saturated rings. The SMILES string of the molecule is C(=NCc1ccccc1)c1ccc(-c2cccc3c2oc2ccccc23)cc1. The van der Waals surface area contributed by atoms with Crippen molar-refractivity contribution in [1.82, 2.24) is 0 Å². The minimum atomic E-state index is 0.695. The van der Waals surface area contributed by atoms with Crippen LogP contribution in [0, 0.1) is 0 Å². The van der Waals surface area contributed by atoms with Gasteiger partial charge in [0.25, 0.3) is 0 Å². The van der Waals surface area contributed by atoms with Gasteiger partial charge in [-0.1, -0.05) is 91.0 Å². The average Bonchev–Trinajstić information content (AvgIpc) is 3.14. The minimum Gasteiger partial charge on any atom is -0.455 e. The van der Waals surface area contributed by atoms with Crippen LogP contribution in [0.25, 0.3) is 33.1 Å². The van der Waals surface area contributed by atoms with Gasteiger partial charge in [-0.25, -0.2) is 0 Å². The normalized spacial score (nSPS) is 11.6. The first kappa shape index (κ1) is 16.5. The van der Waals surface area contributed by atoms with Crippen LogP contribution in [0.1, 0.15) is 11.1 Å². The van der Waals surface area contributed by atoms with Crippen molar-refractivity contribution < 1.29 is 4.42 Å². The highest BCUT2D eigenvalue weighted by Crippen LogP contribution is 2.35. The molecule has 134 valence electrons. The summed E-state index contributed by atoms with van der Waals surface area (Å²) in [6.07, 6.45) is 1.93. The maximum atomic E-state index is 6.16. The van der Waals surface area contributed by atoms with Crippen molar-refractivity contribution in [3.63, 3.8) is 0 Å². The van der Waals surface area contributed by atoms with Crippen molar-refractivity contribution in [2.45, 2.75) is 6.54 Å². The van der Waals surface area contributed by atoms with Gasteiger partial charge in [0, 0.05) is 22.6 Å². The van der Waals surface area contributed by atoms with Crippen LogP contribution in [0.15, 0.2) is 106 Å². The highest BCUT2D eigenvalue weighted by atomic mass is 16.3. The van der Waals surface area contributed by atoms with Gasteiger partial charge in [-0.3, -0.25) is 4.99 Å². The van der Waals surface area contributed by atoms with E-state index in [1.165, 1.54) is 5.56 Å². The Hall–Kier alpha value is -3.65. The molecule has 1 aromatic heterocycles. The lowest BCUT2D eigenvalue weighted by molar-refractivity contribution is 0.670. The molecule has 5 rings (SSSR count). The zero-order valence-electron chi connectivity index (χ0n) is 15.4. The van der Waals surface area contributed by atoms with E-state index in [1.807, 2.05) is 42.6 Å². The van der Waals surface area contributed by atoms with E-state index >= 15 is 0 Å². The largest absolute Gasteiger partial charge is 0.455 e. The van der Waals surface area contributed by atoms with Crippen LogP contribution in [0.4, 0.5) is 0 Å². The fourth-order valence-corrected chi connectivity index (χ4v) is 3.56. The molecule has 5 aromatic rings. The van der Waals surface area contributed by atoms with E-state index in [2.05, 4.69) is 65.7 Å².